The lowest BCUT2D eigenvalue weighted by molar-refractivity contribution is -0.130. The summed E-state index contributed by atoms with van der Waals surface area (Å²) >= 11 is 7.55. The van der Waals surface area contributed by atoms with E-state index in [-0.39, 0.29) is 17.9 Å². The third-order valence-corrected chi connectivity index (χ3v) is 6.98. The largest absolute Gasteiger partial charge is 0.503 e. The molecular formula is C26H20ClNO6S. The van der Waals surface area contributed by atoms with Crippen molar-refractivity contribution in [2.24, 2.45) is 0 Å². The Kier molecular flexibility index (Phi) is 6.00. The highest BCUT2D eigenvalue weighted by molar-refractivity contribution is 7.09. The van der Waals surface area contributed by atoms with Gasteiger partial charge in [-0.15, -0.1) is 11.3 Å². The molecule has 0 radical (unpaired) electrons. The monoisotopic (exact) mass is 509 g/mol. The van der Waals surface area contributed by atoms with Crippen molar-refractivity contribution in [1.82, 2.24) is 4.90 Å². The molecule has 0 saturated heterocycles. The van der Waals surface area contributed by atoms with E-state index in [4.69, 9.17) is 25.5 Å². The average Bonchev–Trinajstić information content (AvgIpc) is 3.58. The van der Waals surface area contributed by atoms with E-state index in [0.29, 0.717) is 33.1 Å². The minimum atomic E-state index is -0.867. The predicted molar refractivity (Wildman–Crippen MR) is 132 cm³/mol. The molecule has 0 aliphatic carbocycles. The van der Waals surface area contributed by atoms with Gasteiger partial charge in [0.25, 0.3) is 5.91 Å². The number of fused-ring (bicyclic) bond motifs is 1. The van der Waals surface area contributed by atoms with Gasteiger partial charge in [0.15, 0.2) is 23.0 Å². The van der Waals surface area contributed by atoms with Crippen LogP contribution < -0.4 is 9.47 Å². The molecule has 1 unspecified atom stereocenters. The molecule has 0 bridgehead atoms. The standard InChI is InChI=1S/C26H20ClNO6S/c1-32-19-7-5-14(11-20(19)33-2)23-22(25(30)26(31)28(23)13-17-4-3-9-35-17)24(29)21-12-15-10-16(27)6-8-18(15)34-21/h3-12,23,30H,13H2,1-2H3. The van der Waals surface area contributed by atoms with E-state index >= 15 is 0 Å². The van der Waals surface area contributed by atoms with Crippen LogP contribution in [0.1, 0.15) is 27.0 Å². The summed E-state index contributed by atoms with van der Waals surface area (Å²) in [5, 5.41) is 14.0. The molecule has 1 atom stereocenters. The van der Waals surface area contributed by atoms with Crippen LogP contribution >= 0.6 is 22.9 Å². The van der Waals surface area contributed by atoms with Crippen LogP contribution in [0.3, 0.4) is 0 Å². The number of aliphatic hydroxyl groups is 1. The van der Waals surface area contributed by atoms with E-state index in [1.165, 1.54) is 30.5 Å². The van der Waals surface area contributed by atoms with Gasteiger partial charge in [-0.3, -0.25) is 9.59 Å². The Balaban J connectivity index is 1.63. The molecule has 3 heterocycles. The summed E-state index contributed by atoms with van der Waals surface area (Å²) in [6, 6.07) is 14.6. The van der Waals surface area contributed by atoms with Gasteiger partial charge in [-0.2, -0.15) is 0 Å². The highest BCUT2D eigenvalue weighted by Crippen LogP contribution is 2.43. The van der Waals surface area contributed by atoms with Crippen molar-refractivity contribution in [3.63, 3.8) is 0 Å². The van der Waals surface area contributed by atoms with Gasteiger partial charge in [-0.25, -0.2) is 0 Å². The average molecular weight is 510 g/mol. The Morgan fingerprint density at radius 3 is 2.63 bits per heavy atom. The number of furan rings is 1. The van der Waals surface area contributed by atoms with Gasteiger partial charge < -0.3 is 23.9 Å². The first-order valence-corrected chi connectivity index (χ1v) is 11.9. The Labute approximate surface area is 209 Å². The number of thiophene rings is 1. The van der Waals surface area contributed by atoms with Crippen molar-refractivity contribution in [2.75, 3.05) is 14.2 Å². The van der Waals surface area contributed by atoms with Gasteiger partial charge in [0.2, 0.25) is 5.78 Å². The summed E-state index contributed by atoms with van der Waals surface area (Å²) in [4.78, 5) is 29.3. The van der Waals surface area contributed by atoms with Crippen molar-refractivity contribution in [1.29, 1.82) is 0 Å². The maximum Gasteiger partial charge on any atom is 0.290 e. The third kappa shape index (κ3) is 4.05. The molecule has 0 fully saturated rings. The zero-order valence-electron chi connectivity index (χ0n) is 18.8. The molecule has 35 heavy (non-hydrogen) atoms. The quantitative estimate of drug-likeness (QED) is 0.310. The number of ketones is 1. The number of halogens is 1. The molecule has 1 aliphatic rings. The second-order valence-corrected chi connectivity index (χ2v) is 9.38. The number of methoxy groups -OCH3 is 2. The van der Waals surface area contributed by atoms with Gasteiger partial charge in [0, 0.05) is 15.3 Å². The first-order chi connectivity index (χ1) is 16.9. The molecule has 9 heteroatoms. The molecule has 0 spiro atoms. The van der Waals surface area contributed by atoms with Crippen LogP contribution in [0.15, 0.2) is 75.7 Å². The molecule has 178 valence electrons. The van der Waals surface area contributed by atoms with Crippen LogP contribution in [0.2, 0.25) is 5.02 Å². The number of rotatable bonds is 7. The summed E-state index contributed by atoms with van der Waals surface area (Å²) in [5.41, 5.74) is 0.989. The maximum atomic E-state index is 13.7. The predicted octanol–water partition coefficient (Wildman–Crippen LogP) is 5.94. The molecule has 7 nitrogen and oxygen atoms in total. The number of aliphatic hydroxyl groups excluding tert-OH is 1. The lowest BCUT2D eigenvalue weighted by atomic mass is 9.94. The first-order valence-electron chi connectivity index (χ1n) is 10.6. The zero-order chi connectivity index (χ0) is 24.7. The number of hydrogen-bond acceptors (Lipinski definition) is 7. The number of carbonyl (C=O) groups is 2. The van der Waals surface area contributed by atoms with Crippen LogP contribution in [-0.2, 0) is 11.3 Å². The van der Waals surface area contributed by atoms with Gasteiger partial charge in [-0.1, -0.05) is 23.7 Å². The zero-order valence-corrected chi connectivity index (χ0v) is 20.4. The van der Waals surface area contributed by atoms with Gasteiger partial charge in [0.1, 0.15) is 5.58 Å². The maximum absolute atomic E-state index is 13.7. The fourth-order valence-corrected chi connectivity index (χ4v) is 5.13. The third-order valence-electron chi connectivity index (χ3n) is 5.88. The summed E-state index contributed by atoms with van der Waals surface area (Å²) in [5.74, 6) is -0.895. The Morgan fingerprint density at radius 1 is 1.11 bits per heavy atom. The van der Waals surface area contributed by atoms with Crippen LogP contribution in [0.25, 0.3) is 11.0 Å². The van der Waals surface area contributed by atoms with Crippen LogP contribution in [0.4, 0.5) is 0 Å². The number of carbonyl (C=O) groups excluding carboxylic acids is 2. The second kappa shape index (κ2) is 9.13. The van der Waals surface area contributed by atoms with E-state index in [9.17, 15) is 14.7 Å². The van der Waals surface area contributed by atoms with E-state index < -0.39 is 23.5 Å². The Morgan fingerprint density at radius 2 is 1.91 bits per heavy atom. The summed E-state index contributed by atoms with van der Waals surface area (Å²) in [6.07, 6.45) is 0. The van der Waals surface area contributed by atoms with E-state index in [2.05, 4.69) is 0 Å². The summed E-state index contributed by atoms with van der Waals surface area (Å²) in [7, 11) is 3.03. The highest BCUT2D eigenvalue weighted by atomic mass is 35.5. The number of hydrogen-bond donors (Lipinski definition) is 1. The second-order valence-electron chi connectivity index (χ2n) is 7.91. The molecule has 0 saturated carbocycles. The van der Waals surface area contributed by atoms with Gasteiger partial charge in [-0.05, 0) is 53.4 Å². The SMILES string of the molecule is COc1ccc(C2C(C(=O)c3cc4cc(Cl)ccc4o3)=C(O)C(=O)N2Cc2cccs2)cc1OC. The molecule has 2 aromatic carbocycles. The normalized spacial score (nSPS) is 15.8. The topological polar surface area (TPSA) is 89.2 Å². The fourth-order valence-electron chi connectivity index (χ4n) is 4.25. The number of amides is 1. The first kappa shape index (κ1) is 23.0. The van der Waals surface area contributed by atoms with Crippen molar-refractivity contribution >= 4 is 45.6 Å². The van der Waals surface area contributed by atoms with Crippen molar-refractivity contribution in [3.8, 4) is 11.5 Å². The minimum Gasteiger partial charge on any atom is -0.503 e. The lowest BCUT2D eigenvalue weighted by Crippen LogP contribution is -2.30. The molecule has 4 aromatic rings. The fraction of sp³-hybridized carbons (Fsp3) is 0.154. The molecule has 2 aromatic heterocycles. The molecular weight excluding hydrogens is 490 g/mol. The van der Waals surface area contributed by atoms with Crippen LogP contribution in [-0.4, -0.2) is 35.9 Å². The highest BCUT2D eigenvalue weighted by Gasteiger charge is 2.45. The van der Waals surface area contributed by atoms with Crippen molar-refractivity contribution < 1.29 is 28.6 Å². The molecule has 1 aliphatic heterocycles. The number of benzene rings is 2. The molecule has 5 rings (SSSR count). The minimum absolute atomic E-state index is 0.0000620. The summed E-state index contributed by atoms with van der Waals surface area (Å²) < 4.78 is 16.5. The van der Waals surface area contributed by atoms with Crippen molar-refractivity contribution in [2.45, 2.75) is 12.6 Å². The van der Waals surface area contributed by atoms with E-state index in [0.717, 1.165) is 4.88 Å². The Hall–Kier alpha value is -3.75. The number of Topliss-reactive ketones (excluding diaryl/α,β-unsaturated/α-hetero) is 1. The van der Waals surface area contributed by atoms with Gasteiger partial charge in [0.05, 0.1) is 32.4 Å². The lowest BCUT2D eigenvalue weighted by Gasteiger charge is -2.26. The van der Waals surface area contributed by atoms with Crippen LogP contribution in [0.5, 0.6) is 11.5 Å². The molecule has 1 N–H and O–H groups in total. The smallest absolute Gasteiger partial charge is 0.290 e. The van der Waals surface area contributed by atoms with E-state index in [1.807, 2.05) is 17.5 Å². The number of nitrogens with zero attached hydrogens (tertiary/aromatic N) is 1. The summed E-state index contributed by atoms with van der Waals surface area (Å²) in [6.45, 7) is 0.214. The molecule has 1 amide bonds. The number of ether oxygens (including phenoxy) is 2. The van der Waals surface area contributed by atoms with Crippen molar-refractivity contribution in [3.05, 3.63) is 92.5 Å². The Bertz CT molecular complexity index is 1470. The van der Waals surface area contributed by atoms with Gasteiger partial charge >= 0.3 is 0 Å². The van der Waals surface area contributed by atoms with E-state index in [1.54, 1.807) is 42.5 Å². The van der Waals surface area contributed by atoms with Crippen LogP contribution in [0, 0.1) is 0 Å².